The van der Waals surface area contributed by atoms with Crippen LogP contribution in [0.15, 0.2) is 17.9 Å². The van der Waals surface area contributed by atoms with Gasteiger partial charge in [-0.1, -0.05) is 23.4 Å². The van der Waals surface area contributed by atoms with E-state index >= 15 is 0 Å². The largest absolute Gasteiger partial charge is 0.873 e. The van der Waals surface area contributed by atoms with Gasteiger partial charge in [0.05, 0.1) is 30.9 Å². The van der Waals surface area contributed by atoms with Gasteiger partial charge in [0.1, 0.15) is 5.82 Å². The minimum Gasteiger partial charge on any atom is -0.873 e. The average Bonchev–Trinajstić information content (AvgIpc) is 2.88. The first kappa shape index (κ1) is 21.0. The number of benzene rings is 1. The van der Waals surface area contributed by atoms with Crippen molar-refractivity contribution in [2.24, 2.45) is 0 Å². The zero-order valence-corrected chi connectivity index (χ0v) is 16.8. The van der Waals surface area contributed by atoms with Crippen LogP contribution < -0.4 is 5.11 Å². The third-order valence-electron chi connectivity index (χ3n) is 5.29. The summed E-state index contributed by atoms with van der Waals surface area (Å²) < 4.78 is 19.8. The third-order valence-corrected chi connectivity index (χ3v) is 5.60. The second-order valence-electron chi connectivity index (χ2n) is 6.83. The van der Waals surface area contributed by atoms with Gasteiger partial charge >= 0.3 is 0 Å². The Morgan fingerprint density at radius 2 is 1.93 bits per heavy atom. The van der Waals surface area contributed by atoms with Crippen molar-refractivity contribution in [2.45, 2.75) is 25.3 Å². The molecule has 1 amide bonds. The second kappa shape index (κ2) is 8.34. The van der Waals surface area contributed by atoms with Crippen molar-refractivity contribution in [3.05, 3.63) is 39.9 Å². The molecule has 0 unspecified atom stereocenters. The lowest BCUT2D eigenvalue weighted by molar-refractivity contribution is -0.342. The number of carbonyl (C=O) groups is 1. The molecule has 2 aliphatic heterocycles. The summed E-state index contributed by atoms with van der Waals surface area (Å²) in [4.78, 5) is 24.1. The molecular formula is C19H23ClFN2O5-. The van der Waals surface area contributed by atoms with E-state index in [4.69, 9.17) is 26.0 Å². The van der Waals surface area contributed by atoms with Gasteiger partial charge < -0.3 is 14.7 Å². The smallest absolute Gasteiger partial charge is 0.278 e. The van der Waals surface area contributed by atoms with Crippen molar-refractivity contribution in [1.29, 1.82) is 0 Å². The zero-order chi connectivity index (χ0) is 20.5. The predicted octanol–water partition coefficient (Wildman–Crippen LogP) is 1.68. The first-order valence-electron chi connectivity index (χ1n) is 8.99. The molecule has 0 radical (unpaired) electrons. The number of nitrogens with zero attached hydrogens (tertiary/aromatic N) is 2. The molecule has 0 atom stereocenters. The fourth-order valence-corrected chi connectivity index (χ4v) is 3.93. The van der Waals surface area contributed by atoms with Crippen molar-refractivity contribution in [3.63, 3.8) is 0 Å². The summed E-state index contributed by atoms with van der Waals surface area (Å²) in [6, 6.07) is 2.99. The van der Waals surface area contributed by atoms with Crippen LogP contribution in [0.5, 0.6) is 0 Å². The van der Waals surface area contributed by atoms with E-state index in [0.29, 0.717) is 31.5 Å². The Morgan fingerprint density at radius 3 is 2.54 bits per heavy atom. The van der Waals surface area contributed by atoms with Gasteiger partial charge in [-0.25, -0.2) is 9.45 Å². The molecule has 0 aliphatic carbocycles. The fraction of sp³-hybridized carbons (Fsp3) is 0.526. The highest BCUT2D eigenvalue weighted by molar-refractivity contribution is 6.35. The molecule has 2 heterocycles. The topological polar surface area (TPSA) is 74.3 Å². The van der Waals surface area contributed by atoms with Crippen LogP contribution in [-0.4, -0.2) is 62.1 Å². The Hall–Kier alpha value is -1.71. The maximum absolute atomic E-state index is 14.8. The van der Waals surface area contributed by atoms with Crippen LogP contribution in [0, 0.1) is 12.7 Å². The molecule has 0 aromatic heterocycles. The minimum atomic E-state index is -1.21. The van der Waals surface area contributed by atoms with E-state index in [9.17, 15) is 14.3 Å². The molecule has 0 bridgehead atoms. The number of hydroxylamine groups is 4. The highest BCUT2D eigenvalue weighted by Gasteiger charge is 2.51. The number of rotatable bonds is 6. The van der Waals surface area contributed by atoms with E-state index in [1.54, 1.807) is 19.1 Å². The van der Waals surface area contributed by atoms with Crippen LogP contribution in [0.25, 0.3) is 5.57 Å². The van der Waals surface area contributed by atoms with Crippen LogP contribution >= 0.6 is 11.6 Å². The number of aryl methyl sites for hydroxylation is 1. The van der Waals surface area contributed by atoms with Crippen molar-refractivity contribution in [1.82, 2.24) is 10.1 Å². The van der Waals surface area contributed by atoms with Crippen molar-refractivity contribution in [2.75, 3.05) is 40.5 Å². The lowest BCUT2D eigenvalue weighted by Crippen LogP contribution is -2.56. The monoisotopic (exact) mass is 413 g/mol. The van der Waals surface area contributed by atoms with Gasteiger partial charge in [-0.2, -0.15) is 5.06 Å². The molecule has 28 heavy (non-hydrogen) atoms. The summed E-state index contributed by atoms with van der Waals surface area (Å²) in [6.45, 7) is 2.74. The third kappa shape index (κ3) is 3.40. The highest BCUT2D eigenvalue weighted by Crippen LogP contribution is 2.46. The number of piperidine rings is 1. The molecule has 1 spiro atoms. The van der Waals surface area contributed by atoms with Gasteiger partial charge in [0.2, 0.25) is 0 Å². The summed E-state index contributed by atoms with van der Waals surface area (Å²) in [6.07, 6.45) is 0.597. The van der Waals surface area contributed by atoms with Gasteiger partial charge in [0, 0.05) is 31.3 Å². The van der Waals surface area contributed by atoms with Gasteiger partial charge in [-0.05, 0) is 31.4 Å². The highest BCUT2D eigenvalue weighted by atomic mass is 35.5. The maximum Gasteiger partial charge on any atom is 0.278 e. The van der Waals surface area contributed by atoms with E-state index in [2.05, 4.69) is 0 Å². The van der Waals surface area contributed by atoms with Crippen molar-refractivity contribution >= 4 is 23.1 Å². The SMILES string of the molecule is COCCON1C(=O)C(c2c(Cl)ccc(C)c2F)=C([O-])C12CCN(OC)CC2. The maximum atomic E-state index is 14.8. The van der Waals surface area contributed by atoms with Gasteiger partial charge in [-0.15, -0.1) is 0 Å². The Balaban J connectivity index is 2.07. The quantitative estimate of drug-likeness (QED) is 0.660. The number of carbonyl (C=O) groups excluding carboxylic acids is 1. The number of methoxy groups -OCH3 is 1. The summed E-state index contributed by atoms with van der Waals surface area (Å²) in [5, 5.41) is 16.3. The van der Waals surface area contributed by atoms with E-state index in [1.165, 1.54) is 19.2 Å². The Bertz CT molecular complexity index is 793. The number of hydrogen-bond donors (Lipinski definition) is 0. The zero-order valence-electron chi connectivity index (χ0n) is 16.1. The van der Waals surface area contributed by atoms with E-state index in [-0.39, 0.29) is 29.4 Å². The van der Waals surface area contributed by atoms with E-state index < -0.39 is 23.0 Å². The molecule has 154 valence electrons. The van der Waals surface area contributed by atoms with Crippen LogP contribution in [0.3, 0.4) is 0 Å². The number of ether oxygens (including phenoxy) is 1. The Morgan fingerprint density at radius 1 is 1.25 bits per heavy atom. The van der Waals surface area contributed by atoms with E-state index in [0.717, 1.165) is 5.06 Å². The molecular weight excluding hydrogens is 391 g/mol. The molecule has 1 fully saturated rings. The number of hydrogen-bond acceptors (Lipinski definition) is 6. The molecule has 9 heteroatoms. The van der Waals surface area contributed by atoms with Crippen LogP contribution in [0.4, 0.5) is 4.39 Å². The van der Waals surface area contributed by atoms with Gasteiger partial charge in [-0.3, -0.25) is 9.63 Å². The predicted molar refractivity (Wildman–Crippen MR) is 98.3 cm³/mol. The van der Waals surface area contributed by atoms with Gasteiger partial charge in [0.15, 0.2) is 0 Å². The molecule has 0 saturated carbocycles. The molecule has 1 aromatic carbocycles. The van der Waals surface area contributed by atoms with Crippen LogP contribution in [-0.2, 0) is 19.2 Å². The number of halogens is 2. The Labute approximate surface area is 168 Å². The lowest BCUT2D eigenvalue weighted by Gasteiger charge is -2.46. The van der Waals surface area contributed by atoms with Crippen molar-refractivity contribution < 1.29 is 28.7 Å². The molecule has 1 aromatic rings. The molecule has 1 saturated heterocycles. The summed E-state index contributed by atoms with van der Waals surface area (Å²) >= 11 is 6.19. The van der Waals surface area contributed by atoms with Crippen LogP contribution in [0.1, 0.15) is 24.0 Å². The normalized spacial score (nSPS) is 19.9. The summed E-state index contributed by atoms with van der Waals surface area (Å²) in [5.41, 5.74) is -1.35. The molecule has 7 nitrogen and oxygen atoms in total. The molecule has 2 aliphatic rings. The van der Waals surface area contributed by atoms with Crippen LogP contribution in [0.2, 0.25) is 5.02 Å². The summed E-state index contributed by atoms with van der Waals surface area (Å²) in [7, 11) is 3.05. The first-order valence-corrected chi connectivity index (χ1v) is 9.37. The minimum absolute atomic E-state index is 0.0167. The second-order valence-corrected chi connectivity index (χ2v) is 7.23. The van der Waals surface area contributed by atoms with E-state index in [1.807, 2.05) is 0 Å². The fourth-order valence-electron chi connectivity index (χ4n) is 3.69. The standard InChI is InChI=1S/C19H24ClFN2O5/c1-12-4-5-13(20)14(16(12)21)15-17(24)19(6-8-22(27-3)9-7-19)23(18(15)25)28-11-10-26-2/h4-5,24H,6-11H2,1-3H3/p-1. The summed E-state index contributed by atoms with van der Waals surface area (Å²) in [5.74, 6) is -1.83. The molecule has 3 rings (SSSR count). The van der Waals surface area contributed by atoms with Crippen molar-refractivity contribution in [3.8, 4) is 0 Å². The Kier molecular flexibility index (Phi) is 6.26. The number of amides is 1. The average molecular weight is 414 g/mol. The molecule has 0 N–H and O–H groups in total. The first-order chi connectivity index (χ1) is 13.4. The lowest BCUT2D eigenvalue weighted by atomic mass is 9.86. The van der Waals surface area contributed by atoms with Gasteiger partial charge in [0.25, 0.3) is 5.91 Å².